The summed E-state index contributed by atoms with van der Waals surface area (Å²) >= 11 is 0. The Balaban J connectivity index is 2.07. The van der Waals surface area contributed by atoms with Gasteiger partial charge in [-0.25, -0.2) is 9.07 Å². The first-order chi connectivity index (χ1) is 12.4. The molecular weight excluding hydrogens is 333 g/mol. The molecule has 6 N–H and O–H groups in total. The molecule has 4 rings (SSSR count). The quantitative estimate of drug-likeness (QED) is 0.616. The number of nitrogen functional groups attached to an aromatic ring is 2. The Hall–Kier alpha value is -3.35. The maximum Gasteiger partial charge on any atom is 0.269 e. The largest absolute Gasteiger partial charge is 0.399 e. The average molecular weight is 351 g/mol. The van der Waals surface area contributed by atoms with E-state index in [0.717, 1.165) is 11.1 Å². The molecular formula is C19H18FN5O. The van der Waals surface area contributed by atoms with Crippen molar-refractivity contribution in [1.29, 1.82) is 0 Å². The van der Waals surface area contributed by atoms with Gasteiger partial charge in [-0.05, 0) is 48.2 Å². The average Bonchev–Trinajstić information content (AvgIpc) is 2.94. The Morgan fingerprint density at radius 3 is 2.58 bits per heavy atom. The third kappa shape index (κ3) is 2.32. The predicted molar refractivity (Wildman–Crippen MR) is 98.4 cm³/mol. The summed E-state index contributed by atoms with van der Waals surface area (Å²) in [5, 5.41) is 4.34. The summed E-state index contributed by atoms with van der Waals surface area (Å²) in [5.41, 5.74) is 21.6. The van der Waals surface area contributed by atoms with Gasteiger partial charge in [-0.15, -0.1) is 0 Å². The number of carbonyl (C=O) groups is 1. The molecule has 1 aromatic heterocycles. The molecule has 6 nitrogen and oxygen atoms in total. The lowest BCUT2D eigenvalue weighted by atomic mass is 9.81. The van der Waals surface area contributed by atoms with Crippen molar-refractivity contribution in [2.45, 2.75) is 19.3 Å². The lowest BCUT2D eigenvalue weighted by molar-refractivity contribution is 0.0994. The summed E-state index contributed by atoms with van der Waals surface area (Å²) in [6.45, 7) is 2.06. The van der Waals surface area contributed by atoms with Crippen molar-refractivity contribution >= 4 is 17.3 Å². The molecule has 1 atom stereocenters. The van der Waals surface area contributed by atoms with Crippen LogP contribution in [0, 0.1) is 5.82 Å². The maximum atomic E-state index is 14.6. The van der Waals surface area contributed by atoms with Crippen LogP contribution in [-0.4, -0.2) is 15.7 Å². The Morgan fingerprint density at radius 2 is 1.88 bits per heavy atom. The van der Waals surface area contributed by atoms with E-state index in [1.165, 1.54) is 16.8 Å². The minimum Gasteiger partial charge on any atom is -0.399 e. The third-order valence-corrected chi connectivity index (χ3v) is 4.79. The van der Waals surface area contributed by atoms with E-state index in [2.05, 4.69) is 12.0 Å². The van der Waals surface area contributed by atoms with Crippen LogP contribution in [0.5, 0.6) is 0 Å². The van der Waals surface area contributed by atoms with Gasteiger partial charge < -0.3 is 17.2 Å². The van der Waals surface area contributed by atoms with Crippen molar-refractivity contribution in [2.75, 3.05) is 11.5 Å². The van der Waals surface area contributed by atoms with Crippen LogP contribution in [0.1, 0.15) is 34.5 Å². The van der Waals surface area contributed by atoms with Gasteiger partial charge in [0.1, 0.15) is 5.69 Å². The van der Waals surface area contributed by atoms with E-state index in [9.17, 15) is 9.18 Å². The lowest BCUT2D eigenvalue weighted by Gasteiger charge is -2.24. The second-order valence-corrected chi connectivity index (χ2v) is 6.61. The van der Waals surface area contributed by atoms with E-state index in [4.69, 9.17) is 17.2 Å². The van der Waals surface area contributed by atoms with Crippen LogP contribution in [0.4, 0.5) is 15.8 Å². The van der Waals surface area contributed by atoms with Crippen molar-refractivity contribution in [2.24, 2.45) is 5.73 Å². The Labute approximate surface area is 149 Å². The van der Waals surface area contributed by atoms with Crippen LogP contribution in [0.15, 0.2) is 36.4 Å². The number of hydrogen-bond donors (Lipinski definition) is 3. The molecule has 2 aromatic carbocycles. The van der Waals surface area contributed by atoms with Gasteiger partial charge in [0.2, 0.25) is 0 Å². The lowest BCUT2D eigenvalue weighted by Crippen LogP contribution is -2.16. The van der Waals surface area contributed by atoms with Crippen molar-refractivity contribution in [3.63, 3.8) is 0 Å². The van der Waals surface area contributed by atoms with Gasteiger partial charge in [-0.1, -0.05) is 13.0 Å². The molecule has 1 aliphatic rings. The fraction of sp³-hybridized carbons (Fsp3) is 0.158. The number of halogens is 1. The van der Waals surface area contributed by atoms with Gasteiger partial charge in [-0.3, -0.25) is 4.79 Å². The maximum absolute atomic E-state index is 14.6. The molecule has 0 fully saturated rings. The highest BCUT2D eigenvalue weighted by Gasteiger charge is 2.31. The topological polar surface area (TPSA) is 113 Å². The third-order valence-electron chi connectivity index (χ3n) is 4.79. The molecule has 0 saturated heterocycles. The molecule has 0 bridgehead atoms. The molecule has 3 aromatic rings. The molecule has 1 unspecified atom stereocenters. The SMILES string of the molecule is CC1Cc2c(C(N)=O)nn(-c3ccc(N)cc3F)c2-c2cc(N)ccc21. The Morgan fingerprint density at radius 1 is 1.19 bits per heavy atom. The predicted octanol–water partition coefficient (Wildman–Crippen LogP) is 2.60. The van der Waals surface area contributed by atoms with Crippen LogP contribution < -0.4 is 17.2 Å². The molecule has 1 amide bonds. The molecule has 0 aliphatic heterocycles. The fourth-order valence-electron chi connectivity index (χ4n) is 3.61. The first kappa shape index (κ1) is 16.1. The number of amides is 1. The highest BCUT2D eigenvalue weighted by atomic mass is 19.1. The molecule has 0 radical (unpaired) electrons. The fourth-order valence-corrected chi connectivity index (χ4v) is 3.61. The first-order valence-corrected chi connectivity index (χ1v) is 8.23. The van der Waals surface area contributed by atoms with E-state index in [-0.39, 0.29) is 17.3 Å². The monoisotopic (exact) mass is 351 g/mol. The highest BCUT2D eigenvalue weighted by molar-refractivity contribution is 5.95. The van der Waals surface area contributed by atoms with Crippen LogP contribution >= 0.6 is 0 Å². The summed E-state index contributed by atoms with van der Waals surface area (Å²) < 4.78 is 16.0. The van der Waals surface area contributed by atoms with Gasteiger partial charge in [0.15, 0.2) is 11.5 Å². The summed E-state index contributed by atoms with van der Waals surface area (Å²) in [6.07, 6.45) is 0.584. The number of nitrogens with two attached hydrogens (primary N) is 3. The van der Waals surface area contributed by atoms with Gasteiger partial charge in [-0.2, -0.15) is 5.10 Å². The van der Waals surface area contributed by atoms with Crippen LogP contribution in [0.25, 0.3) is 16.9 Å². The normalized spacial score (nSPS) is 15.4. The number of rotatable bonds is 2. The smallest absolute Gasteiger partial charge is 0.269 e. The number of hydrogen-bond acceptors (Lipinski definition) is 4. The molecule has 0 spiro atoms. The Bertz CT molecular complexity index is 1060. The number of aromatic nitrogens is 2. The minimum absolute atomic E-state index is 0.149. The molecule has 1 aliphatic carbocycles. The van der Waals surface area contributed by atoms with Gasteiger partial charge in [0.05, 0.1) is 5.69 Å². The molecule has 132 valence electrons. The summed E-state index contributed by atoms with van der Waals surface area (Å²) in [6, 6.07) is 9.95. The zero-order chi connectivity index (χ0) is 18.6. The second kappa shape index (κ2) is 5.59. The molecule has 7 heteroatoms. The van der Waals surface area contributed by atoms with Crippen LogP contribution in [0.3, 0.4) is 0 Å². The minimum atomic E-state index is -0.643. The van der Waals surface area contributed by atoms with E-state index < -0.39 is 11.7 Å². The highest BCUT2D eigenvalue weighted by Crippen LogP contribution is 2.43. The van der Waals surface area contributed by atoms with E-state index in [1.54, 1.807) is 6.07 Å². The van der Waals surface area contributed by atoms with E-state index in [1.807, 2.05) is 18.2 Å². The molecule has 0 saturated carbocycles. The number of anilines is 2. The number of primary amides is 1. The summed E-state index contributed by atoms with van der Waals surface area (Å²) in [5.74, 6) is -1.02. The van der Waals surface area contributed by atoms with E-state index >= 15 is 0 Å². The standard InChI is InChI=1S/C19H18FN5O/c1-9-6-14-17(19(23)26)24-25(16-5-3-11(22)8-15(16)20)18(14)13-7-10(21)2-4-12(9)13/h2-5,7-9H,6,21-22H2,1H3,(H2,23,26). The number of nitrogens with zero attached hydrogens (tertiary/aromatic N) is 2. The molecule has 26 heavy (non-hydrogen) atoms. The van der Waals surface area contributed by atoms with Crippen molar-refractivity contribution in [1.82, 2.24) is 9.78 Å². The van der Waals surface area contributed by atoms with E-state index in [0.29, 0.717) is 29.1 Å². The molecule has 1 heterocycles. The van der Waals surface area contributed by atoms with Crippen LogP contribution in [-0.2, 0) is 6.42 Å². The zero-order valence-corrected chi connectivity index (χ0v) is 14.2. The summed E-state index contributed by atoms with van der Waals surface area (Å²) in [7, 11) is 0. The first-order valence-electron chi connectivity index (χ1n) is 8.23. The number of fused-ring (bicyclic) bond motifs is 3. The summed E-state index contributed by atoms with van der Waals surface area (Å²) in [4.78, 5) is 12.0. The zero-order valence-electron chi connectivity index (χ0n) is 14.2. The van der Waals surface area contributed by atoms with Crippen molar-refractivity contribution in [3.8, 4) is 16.9 Å². The van der Waals surface area contributed by atoms with Gasteiger partial charge in [0.25, 0.3) is 5.91 Å². The number of carbonyl (C=O) groups excluding carboxylic acids is 1. The van der Waals surface area contributed by atoms with Crippen molar-refractivity contribution in [3.05, 3.63) is 59.0 Å². The Kier molecular flexibility index (Phi) is 3.47. The van der Waals surface area contributed by atoms with Gasteiger partial charge >= 0.3 is 0 Å². The number of benzene rings is 2. The van der Waals surface area contributed by atoms with Crippen LogP contribution in [0.2, 0.25) is 0 Å². The van der Waals surface area contributed by atoms with Crippen molar-refractivity contribution < 1.29 is 9.18 Å². The van der Waals surface area contributed by atoms with Gasteiger partial charge in [0, 0.05) is 22.5 Å². The second-order valence-electron chi connectivity index (χ2n) is 6.61.